The van der Waals surface area contributed by atoms with Crippen LogP contribution in [0.25, 0.3) is 27.5 Å². The van der Waals surface area contributed by atoms with E-state index in [2.05, 4.69) is 55.5 Å². The van der Waals surface area contributed by atoms with Crippen LogP contribution in [0.15, 0.2) is 107 Å². The SMILES string of the molecule is C[C@H](Nc1ncnc2[nH]ccc(=O)c12)c1c(Cl)c2cccc(N3CCC(c4ccccc4)CC3)c2c(=O)n1-c1ccccc1. The fraction of sp³-hybridized carbons (Fsp3) is 0.200. The fourth-order valence-corrected chi connectivity index (χ4v) is 6.86. The third-order valence-electron chi connectivity index (χ3n) is 8.59. The van der Waals surface area contributed by atoms with Crippen LogP contribution < -0.4 is 21.2 Å². The summed E-state index contributed by atoms with van der Waals surface area (Å²) in [6, 6.07) is 27.0. The van der Waals surface area contributed by atoms with Crippen molar-refractivity contribution in [2.45, 2.75) is 31.7 Å². The summed E-state index contributed by atoms with van der Waals surface area (Å²) >= 11 is 7.27. The van der Waals surface area contributed by atoms with Gasteiger partial charge in [-0.2, -0.15) is 0 Å². The number of H-pyrrole nitrogens is 1. The Hall–Kier alpha value is -4.95. The van der Waals surface area contributed by atoms with Gasteiger partial charge in [0, 0.05) is 36.4 Å². The molecule has 3 aromatic heterocycles. The molecule has 0 amide bonds. The molecule has 1 atom stereocenters. The molecule has 0 radical (unpaired) electrons. The smallest absolute Gasteiger partial charge is 0.265 e. The Morgan fingerprint density at radius 2 is 1.61 bits per heavy atom. The molecule has 1 saturated heterocycles. The summed E-state index contributed by atoms with van der Waals surface area (Å²) in [4.78, 5) is 41.3. The highest BCUT2D eigenvalue weighted by Gasteiger charge is 2.27. The summed E-state index contributed by atoms with van der Waals surface area (Å²) in [6.07, 6.45) is 4.96. The zero-order valence-corrected chi connectivity index (χ0v) is 25.0. The van der Waals surface area contributed by atoms with Gasteiger partial charge < -0.3 is 15.2 Å². The molecule has 0 aliphatic carbocycles. The summed E-state index contributed by atoms with van der Waals surface area (Å²) in [6.45, 7) is 3.60. The number of fused-ring (bicyclic) bond motifs is 2. The molecule has 3 aromatic carbocycles. The van der Waals surface area contributed by atoms with Gasteiger partial charge >= 0.3 is 0 Å². The van der Waals surface area contributed by atoms with Crippen molar-refractivity contribution in [3.63, 3.8) is 0 Å². The van der Waals surface area contributed by atoms with Gasteiger partial charge in [0.2, 0.25) is 0 Å². The number of benzene rings is 3. The lowest BCUT2D eigenvalue weighted by atomic mass is 9.89. The maximum atomic E-state index is 14.6. The number of anilines is 2. The number of hydrogen-bond donors (Lipinski definition) is 2. The molecule has 8 nitrogen and oxygen atoms in total. The van der Waals surface area contributed by atoms with Crippen LogP contribution in [-0.2, 0) is 0 Å². The fourth-order valence-electron chi connectivity index (χ4n) is 6.46. The van der Waals surface area contributed by atoms with Gasteiger partial charge in [-0.1, -0.05) is 72.3 Å². The van der Waals surface area contributed by atoms with Crippen molar-refractivity contribution < 1.29 is 0 Å². The quantitative estimate of drug-likeness (QED) is 0.217. The van der Waals surface area contributed by atoms with Gasteiger partial charge in [-0.3, -0.25) is 14.2 Å². The van der Waals surface area contributed by atoms with Crippen molar-refractivity contribution in [1.29, 1.82) is 0 Å². The third kappa shape index (κ3) is 4.91. The second kappa shape index (κ2) is 11.6. The van der Waals surface area contributed by atoms with Gasteiger partial charge in [-0.25, -0.2) is 9.97 Å². The summed E-state index contributed by atoms with van der Waals surface area (Å²) in [5.41, 5.74) is 3.61. The molecule has 44 heavy (non-hydrogen) atoms. The van der Waals surface area contributed by atoms with Crippen LogP contribution in [0.2, 0.25) is 5.02 Å². The van der Waals surface area contributed by atoms with E-state index in [-0.39, 0.29) is 11.0 Å². The summed E-state index contributed by atoms with van der Waals surface area (Å²) in [5, 5.41) is 5.46. The topological polar surface area (TPSA) is 95.9 Å². The standard InChI is InChI=1S/C35H31ClN6O2/c1-22(40-34-30-28(43)15-18-37-33(30)38-21-39-34)32-31(36)26-13-8-14-27(29(26)35(44)42(32)25-11-6-3-7-12-25)41-19-16-24(17-20-41)23-9-4-2-5-10-23/h2-15,18,21-22,24H,16-17,19-20H2,1H3,(H2,37,38,39,40,43)/t22-/m0/s1. The Balaban J connectivity index is 1.34. The minimum absolute atomic E-state index is 0.148. The van der Waals surface area contributed by atoms with Crippen LogP contribution in [0, 0.1) is 0 Å². The number of hydrogen-bond acceptors (Lipinski definition) is 6. The molecule has 6 aromatic rings. The van der Waals surface area contributed by atoms with Crippen LogP contribution in [0.4, 0.5) is 11.5 Å². The molecule has 0 saturated carbocycles. The van der Waals surface area contributed by atoms with Crippen LogP contribution in [-0.4, -0.2) is 32.6 Å². The van der Waals surface area contributed by atoms with Gasteiger partial charge in [0.15, 0.2) is 5.43 Å². The highest BCUT2D eigenvalue weighted by molar-refractivity contribution is 6.36. The highest BCUT2D eigenvalue weighted by atomic mass is 35.5. The van der Waals surface area contributed by atoms with E-state index < -0.39 is 6.04 Å². The first-order chi connectivity index (χ1) is 21.5. The van der Waals surface area contributed by atoms with Crippen molar-refractivity contribution in [2.24, 2.45) is 0 Å². The Morgan fingerprint density at radius 3 is 2.36 bits per heavy atom. The monoisotopic (exact) mass is 602 g/mol. The van der Waals surface area contributed by atoms with Gasteiger partial charge in [0.1, 0.15) is 23.2 Å². The first kappa shape index (κ1) is 27.9. The molecular formula is C35H31ClN6O2. The van der Waals surface area contributed by atoms with E-state index in [0.29, 0.717) is 49.9 Å². The third-order valence-corrected chi connectivity index (χ3v) is 8.99. The molecule has 9 heteroatoms. The molecule has 4 heterocycles. The van der Waals surface area contributed by atoms with Crippen LogP contribution in [0.3, 0.4) is 0 Å². The zero-order chi connectivity index (χ0) is 30.2. The summed E-state index contributed by atoms with van der Waals surface area (Å²) < 4.78 is 1.69. The first-order valence-electron chi connectivity index (χ1n) is 14.8. The molecule has 220 valence electrons. The molecule has 0 spiro atoms. The van der Waals surface area contributed by atoms with E-state index in [1.807, 2.05) is 55.5 Å². The van der Waals surface area contributed by atoms with Crippen molar-refractivity contribution in [3.8, 4) is 5.69 Å². The molecule has 1 aliphatic rings. The molecule has 7 rings (SSSR count). The maximum Gasteiger partial charge on any atom is 0.265 e. The second-order valence-corrected chi connectivity index (χ2v) is 11.6. The molecule has 0 bridgehead atoms. The molecule has 1 fully saturated rings. The second-order valence-electron chi connectivity index (χ2n) is 11.2. The molecule has 0 unspecified atom stereocenters. The lowest BCUT2D eigenvalue weighted by Crippen LogP contribution is -2.34. The van der Waals surface area contributed by atoms with Crippen LogP contribution in [0.1, 0.15) is 43.0 Å². The average molecular weight is 603 g/mol. The molecular weight excluding hydrogens is 572 g/mol. The predicted octanol–water partition coefficient (Wildman–Crippen LogP) is 6.83. The Morgan fingerprint density at radius 1 is 0.886 bits per heavy atom. The number of para-hydroxylation sites is 1. The van der Waals surface area contributed by atoms with Crippen molar-refractivity contribution in [2.75, 3.05) is 23.3 Å². The van der Waals surface area contributed by atoms with Gasteiger partial charge in [-0.05, 0) is 49.4 Å². The predicted molar refractivity (Wildman–Crippen MR) is 177 cm³/mol. The van der Waals surface area contributed by atoms with Gasteiger partial charge in [-0.15, -0.1) is 0 Å². The number of nitrogens with zero attached hydrogens (tertiary/aromatic N) is 4. The van der Waals surface area contributed by atoms with E-state index in [1.54, 1.807) is 10.8 Å². The average Bonchev–Trinajstić information content (AvgIpc) is 3.07. The number of nitrogens with one attached hydrogen (secondary N) is 2. The zero-order valence-electron chi connectivity index (χ0n) is 24.2. The minimum atomic E-state index is -0.497. The molecule has 1 aliphatic heterocycles. The van der Waals surface area contributed by atoms with Crippen molar-refractivity contribution in [1.82, 2.24) is 19.5 Å². The van der Waals surface area contributed by atoms with Crippen molar-refractivity contribution >= 4 is 44.9 Å². The number of piperidine rings is 1. The summed E-state index contributed by atoms with van der Waals surface area (Å²) in [7, 11) is 0. The number of aromatic amines is 1. The highest BCUT2D eigenvalue weighted by Crippen LogP contribution is 2.38. The largest absolute Gasteiger partial charge is 0.371 e. The number of rotatable bonds is 6. The normalized spacial score (nSPS) is 14.6. The molecule has 2 N–H and O–H groups in total. The minimum Gasteiger partial charge on any atom is -0.371 e. The summed E-state index contributed by atoms with van der Waals surface area (Å²) in [5.74, 6) is 0.859. The number of pyridine rings is 2. The Kier molecular flexibility index (Phi) is 7.36. The first-order valence-corrected chi connectivity index (χ1v) is 15.2. The van der Waals surface area contributed by atoms with E-state index in [1.165, 1.54) is 18.0 Å². The Bertz CT molecular complexity index is 2080. The number of aromatic nitrogens is 4. The maximum absolute atomic E-state index is 14.6. The van der Waals surface area contributed by atoms with Crippen LogP contribution >= 0.6 is 11.6 Å². The van der Waals surface area contributed by atoms with Crippen molar-refractivity contribution in [3.05, 3.63) is 134 Å². The van der Waals surface area contributed by atoms with E-state index in [9.17, 15) is 9.59 Å². The lowest BCUT2D eigenvalue weighted by Gasteiger charge is -2.34. The van der Waals surface area contributed by atoms with E-state index in [0.717, 1.165) is 31.6 Å². The van der Waals surface area contributed by atoms with E-state index >= 15 is 0 Å². The van der Waals surface area contributed by atoms with Gasteiger partial charge in [0.25, 0.3) is 5.56 Å². The van der Waals surface area contributed by atoms with Crippen LogP contribution in [0.5, 0.6) is 0 Å². The lowest BCUT2D eigenvalue weighted by molar-refractivity contribution is 0.506. The number of halogens is 1. The Labute approximate surface area is 259 Å². The van der Waals surface area contributed by atoms with E-state index in [4.69, 9.17) is 11.6 Å². The van der Waals surface area contributed by atoms with Gasteiger partial charge in [0.05, 0.1) is 27.8 Å².